The van der Waals surface area contributed by atoms with Crippen molar-refractivity contribution in [2.45, 2.75) is 23.5 Å². The number of hydrogen-bond acceptors (Lipinski definition) is 4. The lowest BCUT2D eigenvalue weighted by molar-refractivity contribution is 0.256. The van der Waals surface area contributed by atoms with Crippen molar-refractivity contribution < 1.29 is 14.3 Å². The number of rotatable bonds is 4. The first kappa shape index (κ1) is 17.5. The zero-order valence-corrected chi connectivity index (χ0v) is 15.4. The molecule has 5 nitrogen and oxygen atoms in total. The number of amides is 2. The van der Waals surface area contributed by atoms with Gasteiger partial charge in [0.05, 0.1) is 25.6 Å². The molecule has 0 radical (unpaired) electrons. The van der Waals surface area contributed by atoms with Gasteiger partial charge in [-0.15, -0.1) is 11.8 Å². The topological polar surface area (TPSA) is 50.8 Å². The Morgan fingerprint density at radius 2 is 2.04 bits per heavy atom. The summed E-state index contributed by atoms with van der Waals surface area (Å²) in [7, 11) is 3.18. The molecule has 0 saturated heterocycles. The summed E-state index contributed by atoms with van der Waals surface area (Å²) in [6.07, 6.45) is 1.01. The van der Waals surface area contributed by atoms with Crippen LogP contribution in [0, 0.1) is 0 Å². The van der Waals surface area contributed by atoms with Gasteiger partial charge in [-0.25, -0.2) is 4.79 Å². The molecular formula is C19H22N2O3S. The van der Waals surface area contributed by atoms with Gasteiger partial charge in [-0.2, -0.15) is 0 Å². The summed E-state index contributed by atoms with van der Waals surface area (Å²) in [4.78, 5) is 15.9. The highest BCUT2D eigenvalue weighted by Crippen LogP contribution is 2.40. The van der Waals surface area contributed by atoms with Crippen molar-refractivity contribution in [2.24, 2.45) is 0 Å². The van der Waals surface area contributed by atoms with E-state index in [1.165, 1.54) is 0 Å². The van der Waals surface area contributed by atoms with Crippen molar-refractivity contribution in [2.75, 3.05) is 31.0 Å². The molecule has 0 aliphatic carbocycles. The Labute approximate surface area is 152 Å². The van der Waals surface area contributed by atoms with E-state index in [1.54, 1.807) is 37.3 Å². The number of nitrogens with one attached hydrogen (secondary N) is 1. The van der Waals surface area contributed by atoms with Crippen molar-refractivity contribution in [1.29, 1.82) is 0 Å². The maximum atomic E-state index is 13.0. The minimum atomic E-state index is -0.169. The number of carbonyl (C=O) groups excluding carboxylic acids is 1. The summed E-state index contributed by atoms with van der Waals surface area (Å²) >= 11 is 1.83. The van der Waals surface area contributed by atoms with Crippen molar-refractivity contribution in [1.82, 2.24) is 0 Å². The second kappa shape index (κ2) is 7.70. The van der Waals surface area contributed by atoms with Gasteiger partial charge in [0, 0.05) is 22.8 Å². The van der Waals surface area contributed by atoms with Crippen LogP contribution in [0.3, 0.4) is 0 Å². The van der Waals surface area contributed by atoms with Gasteiger partial charge in [-0.1, -0.05) is 19.1 Å². The summed E-state index contributed by atoms with van der Waals surface area (Å²) in [6.45, 7) is 2.82. The third kappa shape index (κ3) is 3.69. The lowest BCUT2D eigenvalue weighted by Gasteiger charge is -2.33. The zero-order chi connectivity index (χ0) is 17.8. The van der Waals surface area contributed by atoms with Crippen molar-refractivity contribution in [3.63, 3.8) is 0 Å². The molecule has 0 aromatic heterocycles. The summed E-state index contributed by atoms with van der Waals surface area (Å²) in [6, 6.07) is 13.2. The number of methoxy groups -OCH3 is 2. The number of nitrogens with zero attached hydrogens (tertiary/aromatic N) is 1. The monoisotopic (exact) mass is 358 g/mol. The third-order valence-electron chi connectivity index (χ3n) is 4.18. The van der Waals surface area contributed by atoms with Gasteiger partial charge in [0.2, 0.25) is 0 Å². The van der Waals surface area contributed by atoms with E-state index in [9.17, 15) is 4.79 Å². The maximum Gasteiger partial charge on any atom is 0.326 e. The van der Waals surface area contributed by atoms with E-state index in [2.05, 4.69) is 18.3 Å². The number of thioether (sulfide) groups is 1. The first-order valence-corrected chi connectivity index (χ1v) is 9.10. The number of anilines is 2. The van der Waals surface area contributed by atoms with Crippen LogP contribution in [0.25, 0.3) is 0 Å². The molecule has 1 heterocycles. The molecule has 2 aromatic rings. The summed E-state index contributed by atoms with van der Waals surface area (Å²) in [5.74, 6) is 1.26. The van der Waals surface area contributed by atoms with Gasteiger partial charge in [0.1, 0.15) is 11.5 Å². The fraction of sp³-hybridized carbons (Fsp3) is 0.316. The Bertz CT molecular complexity index is 766. The number of carbonyl (C=O) groups is 1. The summed E-state index contributed by atoms with van der Waals surface area (Å²) in [5.41, 5.74) is 1.53. The van der Waals surface area contributed by atoms with Crippen LogP contribution in [0.4, 0.5) is 16.2 Å². The van der Waals surface area contributed by atoms with Gasteiger partial charge in [-0.05, 0) is 30.7 Å². The van der Waals surface area contributed by atoms with Gasteiger partial charge < -0.3 is 14.8 Å². The summed E-state index contributed by atoms with van der Waals surface area (Å²) < 4.78 is 10.6. The number of hydrogen-bond donors (Lipinski definition) is 1. The number of para-hydroxylation sites is 1. The molecule has 25 heavy (non-hydrogen) atoms. The van der Waals surface area contributed by atoms with Crippen LogP contribution < -0.4 is 19.7 Å². The van der Waals surface area contributed by atoms with Crippen LogP contribution >= 0.6 is 11.8 Å². The Hall–Kier alpha value is -2.34. The van der Waals surface area contributed by atoms with E-state index in [4.69, 9.17) is 9.47 Å². The first-order valence-electron chi connectivity index (χ1n) is 8.22. The quantitative estimate of drug-likeness (QED) is 0.866. The first-order chi connectivity index (χ1) is 12.2. The normalized spacial score (nSPS) is 16.1. The highest BCUT2D eigenvalue weighted by molar-refractivity contribution is 8.00. The Morgan fingerprint density at radius 1 is 1.24 bits per heavy atom. The van der Waals surface area contributed by atoms with E-state index in [0.717, 1.165) is 17.0 Å². The van der Waals surface area contributed by atoms with Gasteiger partial charge in [0.25, 0.3) is 0 Å². The largest absolute Gasteiger partial charge is 0.497 e. The number of urea groups is 1. The predicted molar refractivity (Wildman–Crippen MR) is 102 cm³/mol. The standard InChI is InChI=1S/C19H22N2O3S/c1-4-14-12-21(16-7-5-6-8-18(16)25-14)19(22)20-15-11-13(23-2)9-10-17(15)24-3/h5-11,14H,4,12H2,1-3H3,(H,20,22)/t14-/m1/s1. The SMILES string of the molecule is CC[C@@H]1CN(C(=O)Nc2cc(OC)ccc2OC)c2ccccc2S1. The molecule has 132 valence electrons. The van der Waals surface area contributed by atoms with Crippen LogP contribution in [-0.4, -0.2) is 32.0 Å². The van der Waals surface area contributed by atoms with Crippen LogP contribution in [0.15, 0.2) is 47.4 Å². The molecule has 2 aromatic carbocycles. The fourth-order valence-corrected chi connectivity index (χ4v) is 4.00. The maximum absolute atomic E-state index is 13.0. The van der Waals surface area contributed by atoms with E-state index in [1.807, 2.05) is 30.0 Å². The molecule has 0 fully saturated rings. The van der Waals surface area contributed by atoms with Crippen molar-refractivity contribution in [3.8, 4) is 11.5 Å². The lowest BCUT2D eigenvalue weighted by atomic mass is 10.2. The highest BCUT2D eigenvalue weighted by atomic mass is 32.2. The van der Waals surface area contributed by atoms with E-state index >= 15 is 0 Å². The fourth-order valence-electron chi connectivity index (χ4n) is 2.80. The molecule has 1 N–H and O–H groups in total. The lowest BCUT2D eigenvalue weighted by Crippen LogP contribution is -2.41. The van der Waals surface area contributed by atoms with Crippen LogP contribution in [0.2, 0.25) is 0 Å². The van der Waals surface area contributed by atoms with Crippen LogP contribution in [-0.2, 0) is 0 Å². The molecule has 0 saturated carbocycles. The zero-order valence-electron chi connectivity index (χ0n) is 14.6. The number of benzene rings is 2. The van der Waals surface area contributed by atoms with E-state index in [-0.39, 0.29) is 6.03 Å². The minimum absolute atomic E-state index is 0.169. The summed E-state index contributed by atoms with van der Waals surface area (Å²) in [5, 5.41) is 3.35. The van der Waals surface area contributed by atoms with Gasteiger partial charge >= 0.3 is 6.03 Å². The average Bonchev–Trinajstić information content (AvgIpc) is 2.66. The van der Waals surface area contributed by atoms with E-state index in [0.29, 0.717) is 29.0 Å². The average molecular weight is 358 g/mol. The number of ether oxygens (including phenoxy) is 2. The van der Waals surface area contributed by atoms with Crippen LogP contribution in [0.1, 0.15) is 13.3 Å². The molecule has 1 atom stereocenters. The molecule has 1 aliphatic rings. The molecule has 0 spiro atoms. The van der Waals surface area contributed by atoms with Gasteiger partial charge in [0.15, 0.2) is 0 Å². The number of fused-ring (bicyclic) bond motifs is 1. The molecule has 3 rings (SSSR count). The molecule has 2 amide bonds. The van der Waals surface area contributed by atoms with Gasteiger partial charge in [-0.3, -0.25) is 4.90 Å². The second-order valence-electron chi connectivity index (χ2n) is 5.72. The van der Waals surface area contributed by atoms with Crippen molar-refractivity contribution >= 4 is 29.2 Å². The Morgan fingerprint density at radius 3 is 2.76 bits per heavy atom. The third-order valence-corrected chi connectivity index (χ3v) is 5.60. The second-order valence-corrected chi connectivity index (χ2v) is 7.06. The Kier molecular flexibility index (Phi) is 5.38. The molecule has 0 unspecified atom stereocenters. The Balaban J connectivity index is 1.88. The van der Waals surface area contributed by atoms with Crippen LogP contribution in [0.5, 0.6) is 11.5 Å². The molecule has 1 aliphatic heterocycles. The van der Waals surface area contributed by atoms with E-state index < -0.39 is 0 Å². The highest BCUT2D eigenvalue weighted by Gasteiger charge is 2.28. The molecule has 0 bridgehead atoms. The smallest absolute Gasteiger partial charge is 0.326 e. The van der Waals surface area contributed by atoms with Crippen molar-refractivity contribution in [3.05, 3.63) is 42.5 Å². The minimum Gasteiger partial charge on any atom is -0.497 e. The molecular weight excluding hydrogens is 336 g/mol. The predicted octanol–water partition coefficient (Wildman–Crippen LogP) is 4.63. The molecule has 6 heteroatoms.